The Morgan fingerprint density at radius 3 is 2.33 bits per heavy atom. The highest BCUT2D eigenvalue weighted by atomic mass is 16.6. The van der Waals surface area contributed by atoms with Crippen LogP contribution < -0.4 is 5.32 Å². The lowest BCUT2D eigenvalue weighted by Gasteiger charge is -2.31. The molecular weight excluding hydrogens is 228 g/mol. The number of nitriles is 1. The molecule has 0 unspecified atom stereocenters. The van der Waals surface area contributed by atoms with Gasteiger partial charge in [0.25, 0.3) is 0 Å². The zero-order valence-electron chi connectivity index (χ0n) is 10.9. The number of carbonyl (C=O) groups is 1. The van der Waals surface area contributed by atoms with E-state index in [0.717, 1.165) is 32.1 Å². The highest BCUT2D eigenvalue weighted by Crippen LogP contribution is 2.31. The molecule has 0 atom stereocenters. The minimum absolute atomic E-state index is 0.241. The van der Waals surface area contributed by atoms with Gasteiger partial charge in [0.05, 0.1) is 0 Å². The summed E-state index contributed by atoms with van der Waals surface area (Å²) in [4.78, 5) is 11.9. The molecule has 2 fully saturated rings. The van der Waals surface area contributed by atoms with Gasteiger partial charge in [-0.2, -0.15) is 5.26 Å². The molecule has 100 valence electrons. The van der Waals surface area contributed by atoms with Crippen LogP contribution in [0.5, 0.6) is 0 Å². The average Bonchev–Trinajstić information content (AvgIpc) is 2.41. The van der Waals surface area contributed by atoms with Gasteiger partial charge in [-0.3, -0.25) is 0 Å². The van der Waals surface area contributed by atoms with E-state index >= 15 is 0 Å². The molecule has 4 nitrogen and oxygen atoms in total. The molecule has 0 radical (unpaired) electrons. The molecule has 0 saturated heterocycles. The molecule has 18 heavy (non-hydrogen) atoms. The van der Waals surface area contributed by atoms with E-state index in [1.54, 1.807) is 0 Å². The summed E-state index contributed by atoms with van der Waals surface area (Å²) in [5.41, 5.74) is -0.864. The highest BCUT2D eigenvalue weighted by molar-refractivity contribution is 5.68. The SMILES string of the molecule is N#CC1(OC(=O)NC2CCCCC2)CCCCC1. The van der Waals surface area contributed by atoms with Crippen molar-refractivity contribution in [2.24, 2.45) is 0 Å². The number of hydrogen-bond acceptors (Lipinski definition) is 3. The Labute approximate surface area is 109 Å². The van der Waals surface area contributed by atoms with Gasteiger partial charge in [-0.25, -0.2) is 4.79 Å². The van der Waals surface area contributed by atoms with E-state index in [4.69, 9.17) is 4.74 Å². The van der Waals surface area contributed by atoms with Gasteiger partial charge in [0.1, 0.15) is 6.07 Å². The maximum atomic E-state index is 11.9. The predicted octanol–water partition coefficient (Wildman–Crippen LogP) is 3.27. The summed E-state index contributed by atoms with van der Waals surface area (Å²) >= 11 is 0. The summed E-state index contributed by atoms with van der Waals surface area (Å²) in [6.45, 7) is 0. The molecule has 0 aromatic rings. The summed E-state index contributed by atoms with van der Waals surface area (Å²) in [6, 6.07) is 2.44. The van der Waals surface area contributed by atoms with E-state index < -0.39 is 11.7 Å². The van der Waals surface area contributed by atoms with Gasteiger partial charge in [0.2, 0.25) is 0 Å². The zero-order valence-corrected chi connectivity index (χ0v) is 10.9. The number of carbonyl (C=O) groups excluding carboxylic acids is 1. The van der Waals surface area contributed by atoms with Gasteiger partial charge in [-0.05, 0) is 25.7 Å². The second-order valence-corrected chi connectivity index (χ2v) is 5.54. The minimum atomic E-state index is -0.864. The third-order valence-corrected chi connectivity index (χ3v) is 4.08. The van der Waals surface area contributed by atoms with Crippen LogP contribution >= 0.6 is 0 Å². The van der Waals surface area contributed by atoms with Crippen LogP contribution in [0.2, 0.25) is 0 Å². The lowest BCUT2D eigenvalue weighted by molar-refractivity contribution is 0.0234. The largest absolute Gasteiger partial charge is 0.427 e. The first-order valence-corrected chi connectivity index (χ1v) is 7.15. The van der Waals surface area contributed by atoms with Gasteiger partial charge < -0.3 is 10.1 Å². The van der Waals surface area contributed by atoms with Crippen LogP contribution in [0.25, 0.3) is 0 Å². The van der Waals surface area contributed by atoms with Crippen molar-refractivity contribution in [3.8, 4) is 6.07 Å². The Morgan fingerprint density at radius 1 is 1.11 bits per heavy atom. The van der Waals surface area contributed by atoms with Crippen LogP contribution in [0.1, 0.15) is 64.2 Å². The fourth-order valence-corrected chi connectivity index (χ4v) is 2.98. The maximum Gasteiger partial charge on any atom is 0.408 e. The second kappa shape index (κ2) is 6.08. The lowest BCUT2D eigenvalue weighted by Crippen LogP contribution is -2.43. The molecule has 0 heterocycles. The number of amides is 1. The molecule has 2 saturated carbocycles. The topological polar surface area (TPSA) is 62.1 Å². The van der Waals surface area contributed by atoms with Crippen LogP contribution in [0, 0.1) is 11.3 Å². The van der Waals surface area contributed by atoms with E-state index in [9.17, 15) is 10.1 Å². The number of nitrogens with one attached hydrogen (secondary N) is 1. The van der Waals surface area contributed by atoms with Crippen LogP contribution in [0.4, 0.5) is 4.79 Å². The fraction of sp³-hybridized carbons (Fsp3) is 0.857. The Morgan fingerprint density at radius 2 is 1.72 bits per heavy atom. The lowest BCUT2D eigenvalue weighted by atomic mass is 9.86. The van der Waals surface area contributed by atoms with E-state index in [1.807, 2.05) is 0 Å². The van der Waals surface area contributed by atoms with E-state index in [1.165, 1.54) is 19.3 Å². The molecule has 0 aromatic carbocycles. The van der Waals surface area contributed by atoms with Crippen LogP contribution in [-0.2, 0) is 4.74 Å². The Kier molecular flexibility index (Phi) is 4.46. The van der Waals surface area contributed by atoms with E-state index in [0.29, 0.717) is 12.8 Å². The highest BCUT2D eigenvalue weighted by Gasteiger charge is 2.36. The maximum absolute atomic E-state index is 11.9. The van der Waals surface area contributed by atoms with Crippen molar-refractivity contribution in [1.29, 1.82) is 5.26 Å². The molecule has 1 amide bonds. The zero-order chi connectivity index (χ0) is 12.8. The van der Waals surface area contributed by atoms with Crippen molar-refractivity contribution in [2.45, 2.75) is 75.9 Å². The van der Waals surface area contributed by atoms with Gasteiger partial charge in [-0.15, -0.1) is 0 Å². The summed E-state index contributed by atoms with van der Waals surface area (Å²) in [5, 5.41) is 12.2. The minimum Gasteiger partial charge on any atom is -0.427 e. The van der Waals surface area contributed by atoms with Gasteiger partial charge in [0, 0.05) is 18.9 Å². The van der Waals surface area contributed by atoms with Gasteiger partial charge in [0.15, 0.2) is 5.60 Å². The number of ether oxygens (including phenoxy) is 1. The summed E-state index contributed by atoms with van der Waals surface area (Å²) in [5.74, 6) is 0. The van der Waals surface area contributed by atoms with Crippen LogP contribution in [0.3, 0.4) is 0 Å². The van der Waals surface area contributed by atoms with E-state index in [-0.39, 0.29) is 6.04 Å². The number of rotatable bonds is 2. The first-order valence-electron chi connectivity index (χ1n) is 7.15. The van der Waals surface area contributed by atoms with Crippen molar-refractivity contribution >= 4 is 6.09 Å². The van der Waals surface area contributed by atoms with Crippen molar-refractivity contribution < 1.29 is 9.53 Å². The standard InChI is InChI=1S/C14H22N2O2/c15-11-14(9-5-2-6-10-14)18-13(17)16-12-7-3-1-4-8-12/h12H,1-10H2,(H,16,17). The fourth-order valence-electron chi connectivity index (χ4n) is 2.98. The molecule has 0 spiro atoms. The van der Waals surface area contributed by atoms with Crippen molar-refractivity contribution in [3.05, 3.63) is 0 Å². The normalized spacial score (nSPS) is 23.9. The number of alkyl carbamates (subject to hydrolysis) is 1. The van der Waals surface area contributed by atoms with Gasteiger partial charge in [-0.1, -0.05) is 25.7 Å². The Balaban J connectivity index is 1.83. The molecule has 1 N–H and O–H groups in total. The molecule has 2 aliphatic rings. The Bertz CT molecular complexity index is 323. The average molecular weight is 250 g/mol. The molecule has 0 aliphatic heterocycles. The summed E-state index contributed by atoms with van der Waals surface area (Å²) in [6.07, 6.45) is 9.74. The smallest absolute Gasteiger partial charge is 0.408 e. The third kappa shape index (κ3) is 3.38. The molecule has 0 bridgehead atoms. The van der Waals surface area contributed by atoms with Crippen molar-refractivity contribution in [1.82, 2.24) is 5.32 Å². The van der Waals surface area contributed by atoms with E-state index in [2.05, 4.69) is 11.4 Å². The Hall–Kier alpha value is -1.24. The number of nitrogens with zero attached hydrogens (tertiary/aromatic N) is 1. The van der Waals surface area contributed by atoms with Crippen molar-refractivity contribution in [3.63, 3.8) is 0 Å². The quantitative estimate of drug-likeness (QED) is 0.818. The van der Waals surface area contributed by atoms with Crippen LogP contribution in [0.15, 0.2) is 0 Å². The van der Waals surface area contributed by atoms with Gasteiger partial charge >= 0.3 is 6.09 Å². The molecule has 2 rings (SSSR count). The monoisotopic (exact) mass is 250 g/mol. The molecule has 0 aromatic heterocycles. The molecule has 2 aliphatic carbocycles. The first kappa shape index (κ1) is 13.2. The second-order valence-electron chi connectivity index (χ2n) is 5.54. The first-order chi connectivity index (χ1) is 8.74. The third-order valence-electron chi connectivity index (χ3n) is 4.08. The molecule has 4 heteroatoms. The summed E-state index contributed by atoms with van der Waals surface area (Å²) < 4.78 is 5.42. The summed E-state index contributed by atoms with van der Waals surface area (Å²) in [7, 11) is 0. The number of hydrogen-bond donors (Lipinski definition) is 1. The predicted molar refractivity (Wildman–Crippen MR) is 67.9 cm³/mol. The van der Waals surface area contributed by atoms with Crippen molar-refractivity contribution in [2.75, 3.05) is 0 Å². The van der Waals surface area contributed by atoms with Crippen LogP contribution in [-0.4, -0.2) is 17.7 Å². The molecular formula is C14H22N2O2.